The maximum atomic E-state index is 11.8. The fourth-order valence-corrected chi connectivity index (χ4v) is 2.14. The first-order chi connectivity index (χ1) is 11.0. The first-order valence-electron chi connectivity index (χ1n) is 6.83. The highest BCUT2D eigenvalue weighted by Crippen LogP contribution is 2.13. The number of urea groups is 1. The zero-order chi connectivity index (χ0) is 16.7. The summed E-state index contributed by atoms with van der Waals surface area (Å²) < 4.78 is 6.50. The number of carbonyl (C=O) groups is 2. The van der Waals surface area contributed by atoms with E-state index in [1.54, 1.807) is 24.3 Å². The highest BCUT2D eigenvalue weighted by atomic mass is 127. The molecule has 0 bridgehead atoms. The van der Waals surface area contributed by atoms with E-state index in [0.29, 0.717) is 18.0 Å². The summed E-state index contributed by atoms with van der Waals surface area (Å²) in [6.45, 7) is 0.341. The quantitative estimate of drug-likeness (QED) is 0.621. The van der Waals surface area contributed by atoms with E-state index >= 15 is 0 Å². The molecule has 0 aliphatic carbocycles. The summed E-state index contributed by atoms with van der Waals surface area (Å²) in [6, 6.07) is 13.9. The molecule has 23 heavy (non-hydrogen) atoms. The number of hydrogen-bond donors (Lipinski definition) is 3. The molecule has 0 fully saturated rings. The zero-order valence-electron chi connectivity index (χ0n) is 12.2. The summed E-state index contributed by atoms with van der Waals surface area (Å²) in [5.41, 5.74) is 6.54. The van der Waals surface area contributed by atoms with Gasteiger partial charge in [-0.15, -0.1) is 0 Å². The van der Waals surface area contributed by atoms with E-state index in [0.717, 1.165) is 9.13 Å². The first-order valence-corrected chi connectivity index (χ1v) is 7.91. The molecule has 0 saturated heterocycles. The second-order valence-electron chi connectivity index (χ2n) is 4.71. The molecular formula is C16H16IN3O3. The lowest BCUT2D eigenvalue weighted by molar-refractivity contribution is -0.123. The van der Waals surface area contributed by atoms with Crippen LogP contribution in [-0.2, 0) is 11.3 Å². The number of amides is 3. The van der Waals surface area contributed by atoms with Crippen LogP contribution in [0.2, 0.25) is 0 Å². The van der Waals surface area contributed by atoms with Crippen molar-refractivity contribution >= 4 is 40.2 Å². The molecule has 0 aliphatic heterocycles. The van der Waals surface area contributed by atoms with Crippen molar-refractivity contribution in [1.82, 2.24) is 5.32 Å². The van der Waals surface area contributed by atoms with Gasteiger partial charge >= 0.3 is 6.03 Å². The Hall–Kier alpha value is -2.29. The molecule has 6 nitrogen and oxygen atoms in total. The molecule has 0 atom stereocenters. The van der Waals surface area contributed by atoms with Crippen LogP contribution >= 0.6 is 22.6 Å². The average molecular weight is 425 g/mol. The maximum absolute atomic E-state index is 11.8. The van der Waals surface area contributed by atoms with Crippen LogP contribution in [0.5, 0.6) is 5.75 Å². The minimum Gasteiger partial charge on any atom is -0.484 e. The molecule has 0 heterocycles. The number of halogens is 1. The van der Waals surface area contributed by atoms with E-state index in [1.807, 2.05) is 24.3 Å². The van der Waals surface area contributed by atoms with Gasteiger partial charge in [-0.1, -0.05) is 12.1 Å². The summed E-state index contributed by atoms with van der Waals surface area (Å²) in [5.74, 6) is 0.449. The predicted molar refractivity (Wildman–Crippen MR) is 96.1 cm³/mol. The van der Waals surface area contributed by atoms with Gasteiger partial charge in [0, 0.05) is 15.8 Å². The molecule has 7 heteroatoms. The molecule has 0 radical (unpaired) electrons. The Morgan fingerprint density at radius 2 is 1.70 bits per heavy atom. The number of primary amides is 1. The molecular weight excluding hydrogens is 409 g/mol. The van der Waals surface area contributed by atoms with E-state index in [9.17, 15) is 9.59 Å². The largest absolute Gasteiger partial charge is 0.484 e. The number of anilines is 1. The van der Waals surface area contributed by atoms with Crippen LogP contribution in [0, 0.1) is 3.57 Å². The summed E-state index contributed by atoms with van der Waals surface area (Å²) in [5, 5.41) is 5.23. The zero-order valence-corrected chi connectivity index (χ0v) is 14.4. The van der Waals surface area contributed by atoms with Gasteiger partial charge in [0.1, 0.15) is 5.75 Å². The second kappa shape index (κ2) is 8.37. The van der Waals surface area contributed by atoms with E-state index in [1.165, 1.54) is 0 Å². The number of rotatable bonds is 6. The van der Waals surface area contributed by atoms with Gasteiger partial charge in [0.25, 0.3) is 5.91 Å². The molecule has 2 rings (SSSR count). The Balaban J connectivity index is 1.75. The highest BCUT2D eigenvalue weighted by Gasteiger charge is 2.03. The lowest BCUT2D eigenvalue weighted by Gasteiger charge is -2.08. The monoisotopic (exact) mass is 425 g/mol. The molecule has 120 valence electrons. The minimum atomic E-state index is -0.612. The topological polar surface area (TPSA) is 93.5 Å². The Morgan fingerprint density at radius 3 is 2.30 bits per heavy atom. The average Bonchev–Trinajstić information content (AvgIpc) is 2.53. The third-order valence-corrected chi connectivity index (χ3v) is 3.61. The van der Waals surface area contributed by atoms with Gasteiger partial charge in [0.05, 0.1) is 0 Å². The van der Waals surface area contributed by atoms with Gasteiger partial charge in [-0.2, -0.15) is 0 Å². The van der Waals surface area contributed by atoms with Crippen molar-refractivity contribution in [3.63, 3.8) is 0 Å². The molecule has 2 aromatic rings. The van der Waals surface area contributed by atoms with Crippen LogP contribution in [0.3, 0.4) is 0 Å². The van der Waals surface area contributed by atoms with Crippen LogP contribution in [0.4, 0.5) is 10.5 Å². The fraction of sp³-hybridized carbons (Fsp3) is 0.125. The molecule has 0 saturated carbocycles. The smallest absolute Gasteiger partial charge is 0.316 e. The SMILES string of the molecule is NC(=O)Nc1ccc(CNC(=O)COc2ccc(I)cc2)cc1. The molecule has 0 aliphatic rings. The molecule has 0 unspecified atom stereocenters. The van der Waals surface area contributed by atoms with Crippen molar-refractivity contribution in [2.45, 2.75) is 6.54 Å². The van der Waals surface area contributed by atoms with Crippen molar-refractivity contribution < 1.29 is 14.3 Å². The lowest BCUT2D eigenvalue weighted by Crippen LogP contribution is -2.28. The number of nitrogens with two attached hydrogens (primary N) is 1. The van der Waals surface area contributed by atoms with Gasteiger partial charge in [-0.25, -0.2) is 4.79 Å². The third-order valence-electron chi connectivity index (χ3n) is 2.89. The fourth-order valence-electron chi connectivity index (χ4n) is 1.78. The summed E-state index contributed by atoms with van der Waals surface area (Å²) in [4.78, 5) is 22.5. The van der Waals surface area contributed by atoms with Crippen molar-refractivity contribution in [2.75, 3.05) is 11.9 Å². The highest BCUT2D eigenvalue weighted by molar-refractivity contribution is 14.1. The van der Waals surface area contributed by atoms with Crippen molar-refractivity contribution in [3.05, 3.63) is 57.7 Å². The standard InChI is InChI=1S/C16H16IN3O3/c17-12-3-7-14(8-4-12)23-10-15(21)19-9-11-1-5-13(6-2-11)20-16(18)22/h1-8H,9-10H2,(H,19,21)(H3,18,20,22). The molecule has 4 N–H and O–H groups in total. The van der Waals surface area contributed by atoms with Crippen molar-refractivity contribution in [2.24, 2.45) is 5.73 Å². The van der Waals surface area contributed by atoms with Gasteiger partial charge in [0.2, 0.25) is 0 Å². The van der Waals surface area contributed by atoms with Crippen LogP contribution in [0.1, 0.15) is 5.56 Å². The summed E-state index contributed by atoms with van der Waals surface area (Å²) >= 11 is 2.20. The number of hydrogen-bond acceptors (Lipinski definition) is 3. The Labute approximate surface area is 147 Å². The van der Waals surface area contributed by atoms with Gasteiger partial charge in [0.15, 0.2) is 6.61 Å². The summed E-state index contributed by atoms with van der Waals surface area (Å²) in [7, 11) is 0. The second-order valence-corrected chi connectivity index (χ2v) is 5.95. The van der Waals surface area contributed by atoms with Gasteiger partial charge < -0.3 is 21.1 Å². The Bertz CT molecular complexity index is 672. The van der Waals surface area contributed by atoms with Crippen molar-refractivity contribution in [3.8, 4) is 5.75 Å². The Kier molecular flexibility index (Phi) is 6.21. The van der Waals surface area contributed by atoms with E-state index < -0.39 is 6.03 Å². The molecule has 0 aromatic heterocycles. The first kappa shape index (κ1) is 17.1. The number of carbonyl (C=O) groups excluding carboxylic acids is 2. The summed E-state index contributed by atoms with van der Waals surface area (Å²) in [6.07, 6.45) is 0. The normalized spacial score (nSPS) is 9.96. The lowest BCUT2D eigenvalue weighted by atomic mass is 10.2. The van der Waals surface area contributed by atoms with E-state index in [2.05, 4.69) is 33.2 Å². The number of benzene rings is 2. The number of nitrogens with one attached hydrogen (secondary N) is 2. The minimum absolute atomic E-state index is 0.0398. The van der Waals surface area contributed by atoms with Crippen LogP contribution in [-0.4, -0.2) is 18.5 Å². The van der Waals surface area contributed by atoms with Gasteiger partial charge in [-0.3, -0.25) is 4.79 Å². The van der Waals surface area contributed by atoms with Crippen LogP contribution in [0.25, 0.3) is 0 Å². The van der Waals surface area contributed by atoms with Crippen LogP contribution in [0.15, 0.2) is 48.5 Å². The molecule has 3 amide bonds. The third kappa shape index (κ3) is 6.15. The van der Waals surface area contributed by atoms with Crippen LogP contribution < -0.4 is 21.1 Å². The molecule has 2 aromatic carbocycles. The predicted octanol–water partition coefficient (Wildman–Crippen LogP) is 2.48. The van der Waals surface area contributed by atoms with E-state index in [4.69, 9.17) is 10.5 Å². The van der Waals surface area contributed by atoms with Crippen molar-refractivity contribution in [1.29, 1.82) is 0 Å². The van der Waals surface area contributed by atoms with E-state index in [-0.39, 0.29) is 12.5 Å². The van der Waals surface area contributed by atoms with Gasteiger partial charge in [-0.05, 0) is 64.6 Å². The Morgan fingerprint density at radius 1 is 1.04 bits per heavy atom. The number of ether oxygens (including phenoxy) is 1. The maximum Gasteiger partial charge on any atom is 0.316 e. The molecule has 0 spiro atoms.